The quantitative estimate of drug-likeness (QED) is 0.650. The first-order chi connectivity index (χ1) is 5.26. The number of hydrogen-bond acceptors (Lipinski definition) is 3. The molecule has 2 aliphatic rings. The first-order valence-electron chi connectivity index (χ1n) is 3.82. The molecular formula is C7H11NO2S. The molecule has 2 heterocycles. The Hall–Kier alpha value is -0.220. The van der Waals surface area contributed by atoms with Crippen LogP contribution in [0, 0.1) is 0 Å². The van der Waals surface area contributed by atoms with Crippen LogP contribution in [0.4, 0.5) is 0 Å². The molecule has 0 bridgehead atoms. The van der Waals surface area contributed by atoms with Crippen molar-refractivity contribution in [2.24, 2.45) is 0 Å². The summed E-state index contributed by atoms with van der Waals surface area (Å²) in [6.45, 7) is 1.96. The van der Waals surface area contributed by atoms with Crippen molar-refractivity contribution in [3.05, 3.63) is 0 Å². The molecule has 0 spiro atoms. The molecule has 4 heteroatoms. The van der Waals surface area contributed by atoms with Gasteiger partial charge < -0.3 is 5.11 Å². The van der Waals surface area contributed by atoms with Crippen molar-refractivity contribution in [2.45, 2.75) is 12.0 Å². The van der Waals surface area contributed by atoms with Crippen molar-refractivity contribution < 1.29 is 9.90 Å². The van der Waals surface area contributed by atoms with Crippen molar-refractivity contribution >= 4 is 17.7 Å². The fourth-order valence-corrected chi connectivity index (χ4v) is 2.68. The molecule has 2 rings (SSSR count). The fourth-order valence-electron chi connectivity index (χ4n) is 1.48. The number of hydrogen-bond donors (Lipinski definition) is 1. The summed E-state index contributed by atoms with van der Waals surface area (Å²) in [6.07, 6.45) is 1.17. The molecule has 2 aliphatic heterocycles. The summed E-state index contributed by atoms with van der Waals surface area (Å²) in [6, 6.07) is 0. The van der Waals surface area contributed by atoms with Gasteiger partial charge >= 0.3 is 5.97 Å². The van der Waals surface area contributed by atoms with Crippen LogP contribution in [0.3, 0.4) is 0 Å². The molecule has 11 heavy (non-hydrogen) atoms. The molecule has 0 unspecified atom stereocenters. The van der Waals surface area contributed by atoms with Gasteiger partial charge in [-0.3, -0.25) is 9.69 Å². The molecule has 0 aromatic rings. The van der Waals surface area contributed by atoms with Gasteiger partial charge in [0.25, 0.3) is 0 Å². The van der Waals surface area contributed by atoms with E-state index in [9.17, 15) is 4.79 Å². The Balaban J connectivity index is 2.09. The van der Waals surface area contributed by atoms with Crippen LogP contribution in [-0.4, -0.2) is 46.1 Å². The van der Waals surface area contributed by atoms with E-state index in [2.05, 4.69) is 4.90 Å². The van der Waals surface area contributed by atoms with Crippen LogP contribution >= 0.6 is 11.8 Å². The van der Waals surface area contributed by atoms with E-state index in [4.69, 9.17) is 5.11 Å². The number of carbonyl (C=O) groups is 1. The molecule has 0 aromatic carbocycles. The van der Waals surface area contributed by atoms with E-state index in [0.29, 0.717) is 0 Å². The summed E-state index contributed by atoms with van der Waals surface area (Å²) < 4.78 is 0. The monoisotopic (exact) mass is 173 g/mol. The van der Waals surface area contributed by atoms with Crippen LogP contribution in [0.15, 0.2) is 0 Å². The molecule has 0 saturated carbocycles. The van der Waals surface area contributed by atoms with E-state index in [1.807, 2.05) is 0 Å². The van der Waals surface area contributed by atoms with Crippen molar-refractivity contribution in [3.63, 3.8) is 0 Å². The van der Waals surface area contributed by atoms with Gasteiger partial charge in [-0.1, -0.05) is 0 Å². The van der Waals surface area contributed by atoms with E-state index in [1.165, 1.54) is 6.42 Å². The average Bonchev–Trinajstić information content (AvgIpc) is 1.71. The zero-order chi connectivity index (χ0) is 7.90. The molecule has 0 radical (unpaired) electrons. The largest absolute Gasteiger partial charge is 0.480 e. The molecule has 0 atom stereocenters. The maximum absolute atomic E-state index is 10.9. The number of likely N-dealkylation sites (tertiary alicyclic amines) is 1. The van der Waals surface area contributed by atoms with Crippen molar-refractivity contribution in [3.8, 4) is 0 Å². The third-order valence-corrected chi connectivity index (χ3v) is 3.90. The Morgan fingerprint density at radius 2 is 2.09 bits per heavy atom. The number of nitrogens with zero attached hydrogens (tertiary/aromatic N) is 1. The Morgan fingerprint density at radius 3 is 2.18 bits per heavy atom. The highest BCUT2D eigenvalue weighted by Gasteiger charge is 2.51. The number of carboxylic acid groups (broad SMARTS) is 1. The second kappa shape index (κ2) is 2.38. The highest BCUT2D eigenvalue weighted by molar-refractivity contribution is 8.01. The van der Waals surface area contributed by atoms with Crippen LogP contribution in [0.2, 0.25) is 0 Å². The highest BCUT2D eigenvalue weighted by Crippen LogP contribution is 2.37. The first-order valence-corrected chi connectivity index (χ1v) is 4.97. The summed E-state index contributed by atoms with van der Waals surface area (Å²) in [7, 11) is 0. The van der Waals surface area contributed by atoms with E-state index in [-0.39, 0.29) is 0 Å². The van der Waals surface area contributed by atoms with Gasteiger partial charge in [0.05, 0.1) is 0 Å². The SMILES string of the molecule is O=C(O)C1(N2CCC2)CSC1. The van der Waals surface area contributed by atoms with E-state index >= 15 is 0 Å². The van der Waals surface area contributed by atoms with Gasteiger partial charge in [0.2, 0.25) is 0 Å². The third kappa shape index (κ3) is 0.891. The lowest BCUT2D eigenvalue weighted by Gasteiger charge is -2.50. The highest BCUT2D eigenvalue weighted by atomic mass is 32.2. The molecule has 0 aliphatic carbocycles. The number of carboxylic acids is 1. The Morgan fingerprint density at radius 1 is 1.45 bits per heavy atom. The molecule has 3 nitrogen and oxygen atoms in total. The maximum atomic E-state index is 10.9. The molecule has 0 aromatic heterocycles. The van der Waals surface area contributed by atoms with Crippen molar-refractivity contribution in [1.29, 1.82) is 0 Å². The molecule has 0 amide bonds. The minimum absolute atomic E-state index is 0.469. The average molecular weight is 173 g/mol. The van der Waals surface area contributed by atoms with Gasteiger partial charge in [0.15, 0.2) is 0 Å². The second-order valence-corrected chi connectivity index (χ2v) is 4.16. The summed E-state index contributed by atoms with van der Waals surface area (Å²) in [5.41, 5.74) is -0.469. The summed E-state index contributed by atoms with van der Waals surface area (Å²) in [4.78, 5) is 13.0. The van der Waals surface area contributed by atoms with Gasteiger partial charge in [-0.25, -0.2) is 0 Å². The van der Waals surface area contributed by atoms with E-state index < -0.39 is 11.5 Å². The predicted molar refractivity (Wildman–Crippen MR) is 43.9 cm³/mol. The standard InChI is InChI=1S/C7H11NO2S/c9-6(10)7(4-11-5-7)8-2-1-3-8/h1-5H2,(H,9,10). The molecule has 2 fully saturated rings. The normalized spacial score (nSPS) is 28.7. The number of aliphatic carboxylic acids is 1. The minimum Gasteiger partial charge on any atom is -0.480 e. The fraction of sp³-hybridized carbons (Fsp3) is 0.857. The predicted octanol–water partition coefficient (Wildman–Crippen LogP) is 0.262. The lowest BCUT2D eigenvalue weighted by Crippen LogP contribution is -2.67. The first kappa shape index (κ1) is 7.43. The van der Waals surface area contributed by atoms with Gasteiger partial charge in [0, 0.05) is 24.6 Å². The smallest absolute Gasteiger partial charge is 0.325 e. The molecule has 62 valence electrons. The van der Waals surface area contributed by atoms with Crippen LogP contribution in [0.25, 0.3) is 0 Å². The lowest BCUT2D eigenvalue weighted by molar-refractivity contribution is -0.151. The summed E-state index contributed by atoms with van der Waals surface area (Å²) in [5.74, 6) is 0.931. The number of thioether (sulfide) groups is 1. The molecule has 2 saturated heterocycles. The minimum atomic E-state index is -0.629. The molecular weight excluding hydrogens is 162 g/mol. The van der Waals surface area contributed by atoms with Crippen LogP contribution in [0.5, 0.6) is 0 Å². The Labute approximate surface area is 69.8 Å². The summed E-state index contributed by atoms with van der Waals surface area (Å²) in [5, 5.41) is 8.96. The van der Waals surface area contributed by atoms with Crippen LogP contribution in [0.1, 0.15) is 6.42 Å². The van der Waals surface area contributed by atoms with Crippen molar-refractivity contribution in [2.75, 3.05) is 24.6 Å². The topological polar surface area (TPSA) is 40.5 Å². The van der Waals surface area contributed by atoms with Gasteiger partial charge in [0.1, 0.15) is 5.54 Å². The number of rotatable bonds is 2. The van der Waals surface area contributed by atoms with Crippen LogP contribution in [-0.2, 0) is 4.79 Å². The molecule has 1 N–H and O–H groups in total. The lowest BCUT2D eigenvalue weighted by atomic mass is 9.97. The maximum Gasteiger partial charge on any atom is 0.325 e. The zero-order valence-electron chi connectivity index (χ0n) is 6.25. The van der Waals surface area contributed by atoms with Crippen LogP contribution < -0.4 is 0 Å². The van der Waals surface area contributed by atoms with Gasteiger partial charge in [-0.05, 0) is 6.42 Å². The Bertz CT molecular complexity index is 187. The Kier molecular flexibility index (Phi) is 1.61. The van der Waals surface area contributed by atoms with E-state index in [0.717, 1.165) is 24.6 Å². The zero-order valence-corrected chi connectivity index (χ0v) is 7.06. The summed E-state index contributed by atoms with van der Waals surface area (Å²) >= 11 is 1.73. The third-order valence-electron chi connectivity index (χ3n) is 2.54. The van der Waals surface area contributed by atoms with Gasteiger partial charge in [-0.2, -0.15) is 11.8 Å². The van der Waals surface area contributed by atoms with E-state index in [1.54, 1.807) is 11.8 Å². The van der Waals surface area contributed by atoms with Crippen molar-refractivity contribution in [1.82, 2.24) is 4.90 Å². The second-order valence-electron chi connectivity index (χ2n) is 3.17. The van der Waals surface area contributed by atoms with Gasteiger partial charge in [-0.15, -0.1) is 0 Å².